The number of carbonyl (C=O) groups is 5. The Balaban J connectivity index is 1.46. The number of Topliss-reactive ketones (excluding diaryl/α,β-unsaturated/α-hetero) is 4. The number of carbonyl (C=O) groups excluding carboxylic acids is 5. The standard InChI is InChI=1S/C54H82O13/c1-30-16-12-11-13-17-31(2)43(63-8)28-38-22-20-36(7)54(62,67-38)52(60)50(59)47-39-18-14-15-19-40(46(39)47)53(61)66-44(33(4)26-37-21-23-41(55)45(27-37)64-9)29-42(56)32(3)25-35(6)49(58)51(65-10)48(57)34(5)24-30/h11-13,16-17,25,30,32-34,36-41,43-47,49,51,55,58,62H,14-15,18-24,26-29H2,1-10H3/b13-11+,16-12+,31-17+,35-25+/t30?,32?,33?,34?,36?,37?,38?,39?,40?,41?,43?,44?,45?,46-,47?,49?,51?,54?/m0/s1. The molecule has 18 atom stereocenters. The van der Waals surface area contributed by atoms with E-state index in [2.05, 4.69) is 0 Å². The average molecular weight is 939 g/mol. The highest BCUT2D eigenvalue weighted by molar-refractivity contribution is 6.41. The minimum absolute atomic E-state index is 0.0224. The summed E-state index contributed by atoms with van der Waals surface area (Å²) in [6.07, 6.45) is 13.2. The van der Waals surface area contributed by atoms with Gasteiger partial charge in [0.15, 0.2) is 5.78 Å². The molecule has 3 aliphatic carbocycles. The van der Waals surface area contributed by atoms with Gasteiger partial charge >= 0.3 is 5.97 Å². The molecule has 0 aromatic heterocycles. The fourth-order valence-electron chi connectivity index (χ4n) is 11.7. The molecular weight excluding hydrogens is 857 g/mol. The second-order valence-corrected chi connectivity index (χ2v) is 21.1. The fourth-order valence-corrected chi connectivity index (χ4v) is 11.7. The maximum absolute atomic E-state index is 14.5. The summed E-state index contributed by atoms with van der Waals surface area (Å²) in [5.74, 6) is -8.93. The van der Waals surface area contributed by atoms with Crippen LogP contribution in [0.5, 0.6) is 0 Å². The van der Waals surface area contributed by atoms with Gasteiger partial charge in [-0.1, -0.05) is 83.9 Å². The summed E-state index contributed by atoms with van der Waals surface area (Å²) in [4.78, 5) is 71.0. The third-order valence-corrected chi connectivity index (χ3v) is 16.1. The number of esters is 1. The van der Waals surface area contributed by atoms with Crippen LogP contribution < -0.4 is 0 Å². The van der Waals surface area contributed by atoms with Crippen molar-refractivity contribution in [3.8, 4) is 0 Å². The first-order valence-corrected chi connectivity index (χ1v) is 25.2. The van der Waals surface area contributed by atoms with Crippen molar-refractivity contribution in [2.75, 3.05) is 21.3 Å². The second-order valence-electron chi connectivity index (χ2n) is 21.1. The Bertz CT molecular complexity index is 1850. The smallest absolute Gasteiger partial charge is 0.309 e. The van der Waals surface area contributed by atoms with E-state index in [0.29, 0.717) is 63.4 Å². The van der Waals surface area contributed by atoms with E-state index in [0.717, 1.165) is 24.8 Å². The van der Waals surface area contributed by atoms with E-state index in [1.807, 2.05) is 58.1 Å². The normalized spacial score (nSPS) is 43.5. The number of fused-ring (bicyclic) bond motifs is 3. The molecule has 3 N–H and O–H groups in total. The first-order chi connectivity index (χ1) is 31.7. The molecule has 13 nitrogen and oxygen atoms in total. The highest BCUT2D eigenvalue weighted by Crippen LogP contribution is 2.58. The molecule has 1 saturated heterocycles. The Morgan fingerprint density at radius 1 is 0.821 bits per heavy atom. The van der Waals surface area contributed by atoms with Gasteiger partial charge in [0.1, 0.15) is 24.1 Å². The van der Waals surface area contributed by atoms with Crippen molar-refractivity contribution in [1.29, 1.82) is 0 Å². The zero-order valence-electron chi connectivity index (χ0n) is 41.9. The molecule has 0 spiro atoms. The van der Waals surface area contributed by atoms with Crippen LogP contribution >= 0.6 is 0 Å². The molecular formula is C54H82O13. The predicted molar refractivity (Wildman–Crippen MR) is 253 cm³/mol. The second kappa shape index (κ2) is 24.6. The minimum Gasteiger partial charge on any atom is -0.461 e. The molecule has 5 rings (SSSR count). The number of hydrogen-bond donors (Lipinski definition) is 3. The molecule has 0 radical (unpaired) electrons. The monoisotopic (exact) mass is 939 g/mol. The number of cyclic esters (lactones) is 1. The van der Waals surface area contributed by atoms with Gasteiger partial charge in [-0.15, -0.1) is 0 Å². The minimum atomic E-state index is -2.32. The fraction of sp³-hybridized carbons (Fsp3) is 0.759. The quantitative estimate of drug-likeness (QED) is 0.136. The number of rotatable bonds is 6. The van der Waals surface area contributed by atoms with Crippen LogP contribution in [0.3, 0.4) is 0 Å². The SMILES string of the molecule is COC1CC2CCC(C)C(O)(O2)C(=O)C(=O)C2C3CCCCC(C(=O)OC(C(C)CC4CCC(O)C(OC)C4)CC(=O)C(C)/C=C(\C)C(O)C(OC)C(=O)C(C)CC(C)/C=C/C=C/C=C/1C)[C@H]32. The van der Waals surface area contributed by atoms with Gasteiger partial charge in [-0.2, -0.15) is 0 Å². The summed E-state index contributed by atoms with van der Waals surface area (Å²) in [6.45, 7) is 12.9. The summed E-state index contributed by atoms with van der Waals surface area (Å²) in [7, 11) is 4.57. The summed E-state index contributed by atoms with van der Waals surface area (Å²) < 4.78 is 29.7. The van der Waals surface area contributed by atoms with Crippen LogP contribution in [-0.2, 0) is 47.7 Å². The van der Waals surface area contributed by atoms with E-state index in [1.54, 1.807) is 41.1 Å². The van der Waals surface area contributed by atoms with E-state index in [9.17, 15) is 39.3 Å². The Kier molecular flexibility index (Phi) is 20.1. The van der Waals surface area contributed by atoms with Gasteiger partial charge in [0.25, 0.3) is 5.78 Å². The highest BCUT2D eigenvalue weighted by atomic mass is 16.6. The van der Waals surface area contributed by atoms with Crippen molar-refractivity contribution < 1.29 is 63.0 Å². The zero-order valence-corrected chi connectivity index (χ0v) is 41.9. The van der Waals surface area contributed by atoms with E-state index in [4.69, 9.17) is 23.7 Å². The number of allylic oxidation sites excluding steroid dienone is 6. The molecule has 0 aromatic carbocycles. The van der Waals surface area contributed by atoms with Crippen LogP contribution in [0.2, 0.25) is 0 Å². The van der Waals surface area contributed by atoms with Crippen LogP contribution in [-0.4, -0.2) is 114 Å². The van der Waals surface area contributed by atoms with Gasteiger partial charge < -0.3 is 39.0 Å². The van der Waals surface area contributed by atoms with E-state index in [-0.39, 0.29) is 53.9 Å². The van der Waals surface area contributed by atoms with Crippen molar-refractivity contribution in [2.24, 2.45) is 59.2 Å². The Morgan fingerprint density at radius 2 is 1.54 bits per heavy atom. The molecule has 2 aliphatic heterocycles. The lowest BCUT2D eigenvalue weighted by Crippen LogP contribution is -2.56. The molecule has 2 bridgehead atoms. The number of aliphatic hydroxyl groups excluding tert-OH is 2. The van der Waals surface area contributed by atoms with Crippen molar-refractivity contribution in [2.45, 2.75) is 180 Å². The van der Waals surface area contributed by atoms with E-state index < -0.39 is 89.4 Å². The van der Waals surface area contributed by atoms with E-state index >= 15 is 0 Å². The van der Waals surface area contributed by atoms with Gasteiger partial charge in [0.2, 0.25) is 11.6 Å². The van der Waals surface area contributed by atoms with Crippen LogP contribution in [0, 0.1) is 59.2 Å². The number of aliphatic hydroxyl groups is 3. The average Bonchev–Trinajstić information content (AvgIpc) is 4.05. The van der Waals surface area contributed by atoms with Gasteiger partial charge in [-0.3, -0.25) is 24.0 Å². The summed E-state index contributed by atoms with van der Waals surface area (Å²) in [5, 5.41) is 34.0. The van der Waals surface area contributed by atoms with Crippen LogP contribution in [0.4, 0.5) is 0 Å². The predicted octanol–water partition coefficient (Wildman–Crippen LogP) is 7.42. The molecule has 376 valence electrons. The topological polar surface area (TPSA) is 192 Å². The molecule has 17 unspecified atom stereocenters. The van der Waals surface area contributed by atoms with Gasteiger partial charge in [-0.25, -0.2) is 0 Å². The highest BCUT2D eigenvalue weighted by Gasteiger charge is 2.64. The molecule has 4 fully saturated rings. The summed E-state index contributed by atoms with van der Waals surface area (Å²) >= 11 is 0. The maximum Gasteiger partial charge on any atom is 0.309 e. The number of methoxy groups -OCH3 is 3. The Morgan fingerprint density at radius 3 is 2.22 bits per heavy atom. The lowest BCUT2D eigenvalue weighted by Gasteiger charge is -2.41. The molecule has 0 aromatic rings. The summed E-state index contributed by atoms with van der Waals surface area (Å²) in [5.41, 5.74) is 1.32. The van der Waals surface area contributed by atoms with Crippen molar-refractivity contribution in [3.63, 3.8) is 0 Å². The largest absolute Gasteiger partial charge is 0.461 e. The number of ether oxygens (including phenoxy) is 5. The van der Waals surface area contributed by atoms with Gasteiger partial charge in [-0.05, 0) is 112 Å². The van der Waals surface area contributed by atoms with Gasteiger partial charge in [0, 0.05) is 57.8 Å². The lowest BCUT2D eigenvalue weighted by molar-refractivity contribution is -0.264. The molecule has 67 heavy (non-hydrogen) atoms. The van der Waals surface area contributed by atoms with Crippen LogP contribution in [0.25, 0.3) is 0 Å². The Labute approximate surface area is 399 Å². The van der Waals surface area contributed by atoms with Gasteiger partial charge in [0.05, 0.1) is 30.3 Å². The lowest BCUT2D eigenvalue weighted by atomic mass is 9.78. The third-order valence-electron chi connectivity index (χ3n) is 16.1. The van der Waals surface area contributed by atoms with E-state index in [1.165, 1.54) is 7.11 Å². The van der Waals surface area contributed by atoms with Crippen molar-refractivity contribution >= 4 is 29.1 Å². The maximum atomic E-state index is 14.5. The molecule has 3 saturated carbocycles. The first kappa shape index (κ1) is 54.8. The Hall–Kier alpha value is -3.17. The molecule has 0 amide bonds. The molecule has 2 heterocycles. The third kappa shape index (κ3) is 13.6. The molecule has 13 heteroatoms. The zero-order chi connectivity index (χ0) is 49.3. The van der Waals surface area contributed by atoms with Crippen molar-refractivity contribution in [3.05, 3.63) is 47.6 Å². The van der Waals surface area contributed by atoms with Crippen molar-refractivity contribution in [1.82, 2.24) is 0 Å². The summed E-state index contributed by atoms with van der Waals surface area (Å²) in [6, 6.07) is 0. The van der Waals surface area contributed by atoms with Crippen LogP contribution in [0.15, 0.2) is 47.6 Å². The first-order valence-electron chi connectivity index (χ1n) is 25.2. The molecule has 5 aliphatic rings. The number of hydrogen-bond acceptors (Lipinski definition) is 13. The van der Waals surface area contributed by atoms with Crippen LogP contribution in [0.1, 0.15) is 132 Å². The number of ketones is 4.